The molecule has 8 heteroatoms. The fourth-order valence-corrected chi connectivity index (χ4v) is 3.20. The maximum Gasteiger partial charge on any atom is 0.322 e. The topological polar surface area (TPSA) is 90.5 Å². The van der Waals surface area contributed by atoms with Crippen LogP contribution < -0.4 is 16.0 Å². The van der Waals surface area contributed by atoms with Gasteiger partial charge in [-0.2, -0.15) is 0 Å². The lowest BCUT2D eigenvalue weighted by molar-refractivity contribution is -0.119. The Morgan fingerprint density at radius 3 is 2.04 bits per heavy atom. The van der Waals surface area contributed by atoms with Gasteiger partial charge in [0.2, 0.25) is 11.8 Å². The first kappa shape index (κ1) is 19.7. The van der Waals surface area contributed by atoms with Crippen molar-refractivity contribution in [1.29, 1.82) is 0 Å². The Hall–Kier alpha value is -3.06. The van der Waals surface area contributed by atoms with Crippen LogP contribution in [0.25, 0.3) is 0 Å². The van der Waals surface area contributed by atoms with Gasteiger partial charge in [0.05, 0.1) is 0 Å². The molecule has 3 N–H and O–H groups in total. The lowest BCUT2D eigenvalue weighted by Gasteiger charge is -2.24. The molecule has 2 aromatic rings. The Kier molecular flexibility index (Phi) is 6.16. The maximum atomic E-state index is 12.7. The normalized spacial score (nSPS) is 15.8. The molecule has 7 nitrogen and oxygen atoms in total. The van der Waals surface area contributed by atoms with E-state index in [1.165, 1.54) is 11.8 Å². The van der Waals surface area contributed by atoms with E-state index in [1.807, 2.05) is 0 Å². The number of halogens is 1. The molecule has 1 heterocycles. The average Bonchev–Trinajstić information content (AvgIpc) is 3.15. The Morgan fingerprint density at radius 2 is 1.43 bits per heavy atom. The van der Waals surface area contributed by atoms with Crippen molar-refractivity contribution in [2.24, 2.45) is 0 Å². The van der Waals surface area contributed by atoms with E-state index in [-0.39, 0.29) is 17.8 Å². The Labute approximate surface area is 168 Å². The summed E-state index contributed by atoms with van der Waals surface area (Å²) in [6.07, 6.45) is 1.36. The van der Waals surface area contributed by atoms with Gasteiger partial charge in [-0.3, -0.25) is 9.59 Å². The van der Waals surface area contributed by atoms with E-state index in [4.69, 9.17) is 11.6 Å². The zero-order valence-corrected chi connectivity index (χ0v) is 16.1. The van der Waals surface area contributed by atoms with Crippen molar-refractivity contribution in [2.75, 3.05) is 22.5 Å². The summed E-state index contributed by atoms with van der Waals surface area (Å²) in [5.41, 5.74) is 1.87. The quantitative estimate of drug-likeness (QED) is 0.726. The van der Waals surface area contributed by atoms with Crippen molar-refractivity contribution in [1.82, 2.24) is 4.90 Å². The number of amides is 4. The Morgan fingerprint density at radius 1 is 0.893 bits per heavy atom. The van der Waals surface area contributed by atoms with Gasteiger partial charge in [0.25, 0.3) is 0 Å². The number of carbonyl (C=O) groups is 3. The fourth-order valence-electron chi connectivity index (χ4n) is 3.08. The molecule has 28 heavy (non-hydrogen) atoms. The number of nitrogens with one attached hydrogen (secondary N) is 3. The molecule has 1 atom stereocenters. The zero-order valence-electron chi connectivity index (χ0n) is 15.4. The third-order valence-electron chi connectivity index (χ3n) is 4.38. The van der Waals surface area contributed by atoms with Crippen LogP contribution in [0, 0.1) is 0 Å². The van der Waals surface area contributed by atoms with E-state index in [0.29, 0.717) is 35.1 Å². The van der Waals surface area contributed by atoms with Crippen molar-refractivity contribution >= 4 is 46.5 Å². The lowest BCUT2D eigenvalue weighted by Crippen LogP contribution is -2.45. The average molecular weight is 401 g/mol. The van der Waals surface area contributed by atoms with Gasteiger partial charge in [-0.15, -0.1) is 0 Å². The van der Waals surface area contributed by atoms with Crippen LogP contribution in [0.4, 0.5) is 21.9 Å². The van der Waals surface area contributed by atoms with E-state index < -0.39 is 6.04 Å². The third kappa shape index (κ3) is 5.01. The smallest absolute Gasteiger partial charge is 0.322 e. The molecule has 1 aliphatic heterocycles. The predicted molar refractivity (Wildman–Crippen MR) is 110 cm³/mol. The fraction of sp³-hybridized carbons (Fsp3) is 0.250. The molecule has 0 unspecified atom stereocenters. The molecule has 4 amide bonds. The highest BCUT2D eigenvalue weighted by atomic mass is 35.5. The van der Waals surface area contributed by atoms with Crippen molar-refractivity contribution in [3.8, 4) is 0 Å². The van der Waals surface area contributed by atoms with Gasteiger partial charge in [0, 0.05) is 35.6 Å². The number of likely N-dealkylation sites (tertiary alicyclic amines) is 1. The molecule has 146 valence electrons. The number of rotatable bonds is 4. The second-order valence-corrected chi connectivity index (χ2v) is 6.97. The molecular weight excluding hydrogens is 380 g/mol. The number of carbonyl (C=O) groups excluding carboxylic acids is 3. The Balaban J connectivity index is 1.61. The molecular formula is C20H21ClN4O3. The molecule has 1 fully saturated rings. The zero-order chi connectivity index (χ0) is 20.1. The van der Waals surface area contributed by atoms with Crippen molar-refractivity contribution in [3.63, 3.8) is 0 Å². The number of hydrogen-bond donors (Lipinski definition) is 3. The maximum absolute atomic E-state index is 12.7. The molecule has 0 saturated carbocycles. The number of benzene rings is 2. The number of urea groups is 1. The molecule has 0 spiro atoms. The monoisotopic (exact) mass is 400 g/mol. The molecule has 0 bridgehead atoms. The van der Waals surface area contributed by atoms with Crippen LogP contribution in [0.3, 0.4) is 0 Å². The molecule has 0 aliphatic carbocycles. The van der Waals surface area contributed by atoms with E-state index in [2.05, 4.69) is 16.0 Å². The summed E-state index contributed by atoms with van der Waals surface area (Å²) in [5, 5.41) is 8.88. The van der Waals surface area contributed by atoms with Crippen LogP contribution in [-0.2, 0) is 9.59 Å². The second-order valence-electron chi connectivity index (χ2n) is 6.54. The van der Waals surface area contributed by atoms with Crippen LogP contribution in [0.1, 0.15) is 19.8 Å². The number of hydrogen-bond acceptors (Lipinski definition) is 3. The molecule has 2 aromatic carbocycles. The summed E-state index contributed by atoms with van der Waals surface area (Å²) in [4.78, 5) is 37.8. The summed E-state index contributed by atoms with van der Waals surface area (Å²) in [5.74, 6) is -0.402. The SMILES string of the molecule is CC(=O)Nc1ccc(NC(=O)[C@H]2CCCN2C(=O)Nc2ccc(Cl)cc2)cc1. The molecule has 0 aromatic heterocycles. The molecule has 3 rings (SSSR count). The van der Waals surface area contributed by atoms with Crippen LogP contribution >= 0.6 is 11.6 Å². The highest BCUT2D eigenvalue weighted by molar-refractivity contribution is 6.30. The Bertz CT molecular complexity index is 868. The minimum atomic E-state index is -0.540. The summed E-state index contributed by atoms with van der Waals surface area (Å²) in [6, 6.07) is 12.8. The first-order valence-electron chi connectivity index (χ1n) is 8.94. The van der Waals surface area contributed by atoms with Gasteiger partial charge in [0.1, 0.15) is 6.04 Å². The molecule has 1 saturated heterocycles. The largest absolute Gasteiger partial charge is 0.326 e. The number of anilines is 3. The third-order valence-corrected chi connectivity index (χ3v) is 4.64. The van der Waals surface area contributed by atoms with Gasteiger partial charge in [0.15, 0.2) is 0 Å². The van der Waals surface area contributed by atoms with Gasteiger partial charge < -0.3 is 20.9 Å². The first-order chi connectivity index (χ1) is 13.4. The minimum absolute atomic E-state index is 0.162. The standard InChI is InChI=1S/C20H21ClN4O3/c1-13(26)22-15-8-10-16(11-9-15)23-19(27)18-3-2-12-25(18)20(28)24-17-6-4-14(21)5-7-17/h4-11,18H,2-3,12H2,1H3,(H,22,26)(H,23,27)(H,24,28)/t18-/m1/s1. The number of nitrogens with zero attached hydrogens (tertiary/aromatic N) is 1. The van der Waals surface area contributed by atoms with Gasteiger partial charge in [-0.05, 0) is 61.4 Å². The van der Waals surface area contributed by atoms with Crippen molar-refractivity contribution < 1.29 is 14.4 Å². The van der Waals surface area contributed by atoms with Crippen molar-refractivity contribution in [3.05, 3.63) is 53.6 Å². The summed E-state index contributed by atoms with van der Waals surface area (Å²) in [7, 11) is 0. The summed E-state index contributed by atoms with van der Waals surface area (Å²) >= 11 is 5.85. The molecule has 1 aliphatic rings. The predicted octanol–water partition coefficient (Wildman–Crippen LogP) is 3.93. The van der Waals surface area contributed by atoms with Crippen LogP contribution in [0.15, 0.2) is 48.5 Å². The molecule has 0 radical (unpaired) electrons. The lowest BCUT2D eigenvalue weighted by atomic mass is 10.2. The highest BCUT2D eigenvalue weighted by Crippen LogP contribution is 2.22. The highest BCUT2D eigenvalue weighted by Gasteiger charge is 2.34. The van der Waals surface area contributed by atoms with Gasteiger partial charge in [-0.1, -0.05) is 11.6 Å². The summed E-state index contributed by atoms with van der Waals surface area (Å²) in [6.45, 7) is 1.94. The van der Waals surface area contributed by atoms with Crippen LogP contribution in [0.2, 0.25) is 5.02 Å². The first-order valence-corrected chi connectivity index (χ1v) is 9.32. The van der Waals surface area contributed by atoms with Crippen LogP contribution in [0.5, 0.6) is 0 Å². The van der Waals surface area contributed by atoms with Gasteiger partial charge in [-0.25, -0.2) is 4.79 Å². The second kappa shape index (κ2) is 8.75. The van der Waals surface area contributed by atoms with E-state index >= 15 is 0 Å². The minimum Gasteiger partial charge on any atom is -0.326 e. The van der Waals surface area contributed by atoms with E-state index in [1.54, 1.807) is 48.5 Å². The van der Waals surface area contributed by atoms with Crippen molar-refractivity contribution in [2.45, 2.75) is 25.8 Å². The van der Waals surface area contributed by atoms with E-state index in [0.717, 1.165) is 6.42 Å². The van der Waals surface area contributed by atoms with E-state index in [9.17, 15) is 14.4 Å². The van der Waals surface area contributed by atoms with Gasteiger partial charge >= 0.3 is 6.03 Å². The van der Waals surface area contributed by atoms with Crippen LogP contribution in [-0.4, -0.2) is 35.3 Å². The summed E-state index contributed by atoms with van der Waals surface area (Å²) < 4.78 is 0.